The maximum atomic E-state index is 11.9. The second kappa shape index (κ2) is 4.89. The summed E-state index contributed by atoms with van der Waals surface area (Å²) in [5.74, 6) is 0.428. The van der Waals surface area contributed by atoms with E-state index in [1.54, 1.807) is 14.2 Å². The molecule has 20 heavy (non-hydrogen) atoms. The number of nitrogens with zero attached hydrogens (tertiary/aromatic N) is 4. The molecule has 0 saturated carbocycles. The highest BCUT2D eigenvalue weighted by molar-refractivity contribution is 7.22. The highest BCUT2D eigenvalue weighted by atomic mass is 32.1. The fraction of sp³-hybridized carbons (Fsp3) is 0.167. The van der Waals surface area contributed by atoms with Crippen molar-refractivity contribution in [2.75, 3.05) is 12.4 Å². The van der Waals surface area contributed by atoms with Crippen LogP contribution in [0, 0.1) is 0 Å². The molecule has 0 spiro atoms. The first-order valence-corrected chi connectivity index (χ1v) is 6.59. The quantitative estimate of drug-likeness (QED) is 0.793. The van der Waals surface area contributed by atoms with Gasteiger partial charge in [0, 0.05) is 7.05 Å². The Morgan fingerprint density at radius 3 is 3.00 bits per heavy atom. The Balaban J connectivity index is 1.85. The zero-order valence-electron chi connectivity index (χ0n) is 10.8. The summed E-state index contributed by atoms with van der Waals surface area (Å²) in [5, 5.41) is 11.0. The molecular weight excluding hydrogens is 278 g/mol. The predicted octanol–water partition coefficient (Wildman–Crippen LogP) is 1.69. The van der Waals surface area contributed by atoms with Crippen LogP contribution >= 0.6 is 11.3 Å². The lowest BCUT2D eigenvalue weighted by Crippen LogP contribution is -2.12. The molecule has 2 aromatic heterocycles. The first-order chi connectivity index (χ1) is 9.65. The average molecular weight is 289 g/mol. The number of hydrogen-bond acceptors (Lipinski definition) is 6. The van der Waals surface area contributed by atoms with Crippen LogP contribution in [0.5, 0.6) is 5.75 Å². The molecule has 0 radical (unpaired) electrons. The van der Waals surface area contributed by atoms with Crippen molar-refractivity contribution in [3.05, 3.63) is 30.1 Å². The van der Waals surface area contributed by atoms with Crippen LogP contribution < -0.4 is 10.1 Å². The van der Waals surface area contributed by atoms with Crippen LogP contribution in [0.3, 0.4) is 0 Å². The molecule has 0 fully saturated rings. The minimum absolute atomic E-state index is 0.254. The minimum Gasteiger partial charge on any atom is -0.497 e. The number of thiazole rings is 1. The minimum atomic E-state index is -0.330. The molecule has 0 unspecified atom stereocenters. The summed E-state index contributed by atoms with van der Waals surface area (Å²) in [6.07, 6.45) is 1.41. The number of fused-ring (bicyclic) bond motifs is 1. The average Bonchev–Trinajstić information content (AvgIpc) is 3.03. The molecular formula is C12H11N5O2S. The number of hydrogen-bond donors (Lipinski definition) is 1. The molecule has 102 valence electrons. The monoisotopic (exact) mass is 289 g/mol. The number of anilines is 1. The van der Waals surface area contributed by atoms with E-state index in [9.17, 15) is 4.79 Å². The zero-order chi connectivity index (χ0) is 14.1. The van der Waals surface area contributed by atoms with Gasteiger partial charge < -0.3 is 4.74 Å². The Morgan fingerprint density at radius 2 is 2.30 bits per heavy atom. The topological polar surface area (TPSA) is 81.9 Å². The standard InChI is InChI=1S/C12H11N5O2S/c1-17-13-6-9(16-17)11(18)15-12-14-8-4-3-7(19-2)5-10(8)20-12/h3-6H,1-2H3,(H,14,15,18). The second-order valence-electron chi connectivity index (χ2n) is 4.03. The van der Waals surface area contributed by atoms with Gasteiger partial charge in [0.05, 0.1) is 23.5 Å². The smallest absolute Gasteiger partial charge is 0.279 e. The Labute approximate surface area is 118 Å². The lowest BCUT2D eigenvalue weighted by atomic mass is 10.3. The van der Waals surface area contributed by atoms with Gasteiger partial charge in [-0.1, -0.05) is 11.3 Å². The number of carbonyl (C=O) groups is 1. The molecule has 0 aliphatic carbocycles. The molecule has 0 bridgehead atoms. The van der Waals surface area contributed by atoms with E-state index >= 15 is 0 Å². The molecule has 2 heterocycles. The zero-order valence-corrected chi connectivity index (χ0v) is 11.6. The summed E-state index contributed by atoms with van der Waals surface area (Å²) < 4.78 is 6.10. The van der Waals surface area contributed by atoms with E-state index in [4.69, 9.17) is 4.74 Å². The van der Waals surface area contributed by atoms with Gasteiger partial charge in [-0.2, -0.15) is 9.90 Å². The van der Waals surface area contributed by atoms with Crippen LogP contribution in [0.4, 0.5) is 5.13 Å². The number of nitrogens with one attached hydrogen (secondary N) is 1. The molecule has 1 amide bonds. The third-order valence-corrected chi connectivity index (χ3v) is 3.58. The van der Waals surface area contributed by atoms with Gasteiger partial charge >= 0.3 is 0 Å². The third kappa shape index (κ3) is 2.32. The fourth-order valence-electron chi connectivity index (χ4n) is 1.70. The highest BCUT2D eigenvalue weighted by Gasteiger charge is 2.13. The molecule has 3 rings (SSSR count). The van der Waals surface area contributed by atoms with E-state index in [1.807, 2.05) is 18.2 Å². The number of aromatic nitrogens is 4. The van der Waals surface area contributed by atoms with Crippen LogP contribution in [0.15, 0.2) is 24.4 Å². The predicted molar refractivity (Wildman–Crippen MR) is 75.1 cm³/mol. The Morgan fingerprint density at radius 1 is 1.45 bits per heavy atom. The van der Waals surface area contributed by atoms with Crippen LogP contribution in [0.1, 0.15) is 10.5 Å². The van der Waals surface area contributed by atoms with Crippen LogP contribution in [-0.2, 0) is 7.05 Å². The van der Waals surface area contributed by atoms with Crippen molar-refractivity contribution in [1.29, 1.82) is 0 Å². The van der Waals surface area contributed by atoms with E-state index in [0.717, 1.165) is 16.0 Å². The molecule has 0 saturated heterocycles. The van der Waals surface area contributed by atoms with Crippen molar-refractivity contribution in [2.24, 2.45) is 7.05 Å². The van der Waals surface area contributed by atoms with E-state index in [1.165, 1.54) is 22.3 Å². The van der Waals surface area contributed by atoms with E-state index in [0.29, 0.717) is 5.13 Å². The van der Waals surface area contributed by atoms with Crippen LogP contribution in [0.25, 0.3) is 10.2 Å². The van der Waals surface area contributed by atoms with E-state index in [-0.39, 0.29) is 11.6 Å². The SMILES string of the molecule is COc1ccc2nc(NC(=O)c3cnn(C)n3)sc2c1. The molecule has 0 atom stereocenters. The van der Waals surface area contributed by atoms with Gasteiger partial charge in [-0.15, -0.1) is 5.10 Å². The van der Waals surface area contributed by atoms with Gasteiger partial charge in [0.15, 0.2) is 10.8 Å². The Hall–Kier alpha value is -2.48. The Kier molecular flexibility index (Phi) is 3.07. The number of benzene rings is 1. The largest absolute Gasteiger partial charge is 0.497 e. The summed E-state index contributed by atoms with van der Waals surface area (Å²) >= 11 is 1.38. The summed E-state index contributed by atoms with van der Waals surface area (Å²) in [6.45, 7) is 0. The first-order valence-electron chi connectivity index (χ1n) is 5.78. The van der Waals surface area contributed by atoms with Crippen molar-refractivity contribution in [1.82, 2.24) is 20.0 Å². The van der Waals surface area contributed by atoms with E-state index in [2.05, 4.69) is 20.5 Å². The lowest BCUT2D eigenvalue weighted by Gasteiger charge is -1.96. The molecule has 0 aliphatic rings. The summed E-state index contributed by atoms with van der Waals surface area (Å²) in [5.41, 5.74) is 1.06. The fourth-order valence-corrected chi connectivity index (χ4v) is 2.59. The molecule has 0 aliphatic heterocycles. The third-order valence-electron chi connectivity index (χ3n) is 2.65. The second-order valence-corrected chi connectivity index (χ2v) is 5.06. The van der Waals surface area contributed by atoms with Gasteiger partial charge in [0.1, 0.15) is 5.75 Å². The molecule has 1 aromatic carbocycles. The first kappa shape index (κ1) is 12.5. The van der Waals surface area contributed by atoms with Crippen LogP contribution in [0.2, 0.25) is 0 Å². The molecule has 7 nitrogen and oxygen atoms in total. The summed E-state index contributed by atoms with van der Waals surface area (Å²) in [7, 11) is 3.26. The molecule has 3 aromatic rings. The number of methoxy groups -OCH3 is 1. The normalized spacial score (nSPS) is 10.7. The molecule has 8 heteroatoms. The van der Waals surface area contributed by atoms with Crippen LogP contribution in [-0.4, -0.2) is 33.0 Å². The maximum absolute atomic E-state index is 11.9. The van der Waals surface area contributed by atoms with Gasteiger partial charge in [0.25, 0.3) is 5.91 Å². The van der Waals surface area contributed by atoms with Crippen molar-refractivity contribution in [3.63, 3.8) is 0 Å². The van der Waals surface area contributed by atoms with Gasteiger partial charge in [-0.25, -0.2) is 4.98 Å². The maximum Gasteiger partial charge on any atom is 0.279 e. The van der Waals surface area contributed by atoms with Gasteiger partial charge in [-0.3, -0.25) is 10.1 Å². The molecule has 1 N–H and O–H groups in total. The van der Waals surface area contributed by atoms with Crippen molar-refractivity contribution in [2.45, 2.75) is 0 Å². The summed E-state index contributed by atoms with van der Waals surface area (Å²) in [4.78, 5) is 17.6. The number of amides is 1. The number of carbonyl (C=O) groups excluding carboxylic acids is 1. The number of aryl methyl sites for hydroxylation is 1. The van der Waals surface area contributed by atoms with Crippen molar-refractivity contribution < 1.29 is 9.53 Å². The van der Waals surface area contributed by atoms with Gasteiger partial charge in [-0.05, 0) is 18.2 Å². The van der Waals surface area contributed by atoms with Crippen molar-refractivity contribution >= 4 is 32.6 Å². The number of ether oxygens (including phenoxy) is 1. The summed E-state index contributed by atoms with van der Waals surface area (Å²) in [6, 6.07) is 5.56. The van der Waals surface area contributed by atoms with Crippen molar-refractivity contribution in [3.8, 4) is 5.75 Å². The Bertz CT molecular complexity index is 779. The van der Waals surface area contributed by atoms with E-state index < -0.39 is 0 Å². The number of rotatable bonds is 3. The highest BCUT2D eigenvalue weighted by Crippen LogP contribution is 2.29. The van der Waals surface area contributed by atoms with Gasteiger partial charge in [0.2, 0.25) is 0 Å². The lowest BCUT2D eigenvalue weighted by molar-refractivity contribution is 0.102.